The number of hydrogen-bond acceptors (Lipinski definition) is 4. The topological polar surface area (TPSA) is 48.7 Å². The molecular weight excluding hydrogens is 374 g/mol. The SMILES string of the molecule is Cc1cc2occ(CC(=O)NC(CN3CCN(C)CC3)c3ccccc3)c2cc1C. The van der Waals surface area contributed by atoms with Crippen molar-refractivity contribution in [2.24, 2.45) is 0 Å². The molecule has 2 aromatic carbocycles. The first-order chi connectivity index (χ1) is 14.5. The number of aryl methyl sites for hydroxylation is 2. The van der Waals surface area contributed by atoms with Gasteiger partial charge in [-0.25, -0.2) is 0 Å². The number of carbonyl (C=O) groups is 1. The number of likely N-dealkylation sites (N-methyl/N-ethyl adjacent to an activating group) is 1. The lowest BCUT2D eigenvalue weighted by Crippen LogP contribution is -2.48. The third-order valence-electron chi connectivity index (χ3n) is 6.19. The number of amides is 1. The Hall–Kier alpha value is -2.63. The standard InChI is InChI=1S/C25H31N3O2/c1-18-13-22-21(17-30-24(22)14-19(18)2)15-25(29)26-23(20-7-5-4-6-8-20)16-28-11-9-27(3)10-12-28/h4-8,13-14,17,23H,9-12,15-16H2,1-3H3,(H,26,29). The van der Waals surface area contributed by atoms with Gasteiger partial charge in [-0.3, -0.25) is 9.69 Å². The van der Waals surface area contributed by atoms with Crippen LogP contribution < -0.4 is 5.32 Å². The molecule has 1 aliphatic rings. The summed E-state index contributed by atoms with van der Waals surface area (Å²) in [6.45, 7) is 9.18. The predicted molar refractivity (Wildman–Crippen MR) is 121 cm³/mol. The van der Waals surface area contributed by atoms with Crippen molar-refractivity contribution in [2.45, 2.75) is 26.3 Å². The lowest BCUT2D eigenvalue weighted by atomic mass is 10.0. The average molecular weight is 406 g/mol. The Kier molecular flexibility index (Phi) is 6.21. The van der Waals surface area contributed by atoms with Crippen LogP contribution in [-0.4, -0.2) is 55.5 Å². The van der Waals surface area contributed by atoms with E-state index in [0.29, 0.717) is 6.42 Å². The quantitative estimate of drug-likeness (QED) is 0.679. The van der Waals surface area contributed by atoms with Crippen LogP contribution in [0, 0.1) is 13.8 Å². The Labute approximate surface area is 178 Å². The molecule has 4 rings (SSSR count). The highest BCUT2D eigenvalue weighted by Gasteiger charge is 2.22. The number of furan rings is 1. The molecule has 1 amide bonds. The highest BCUT2D eigenvalue weighted by Crippen LogP contribution is 2.25. The lowest BCUT2D eigenvalue weighted by Gasteiger charge is -2.35. The van der Waals surface area contributed by atoms with Gasteiger partial charge in [0.15, 0.2) is 0 Å². The van der Waals surface area contributed by atoms with Gasteiger partial charge in [0.25, 0.3) is 0 Å². The van der Waals surface area contributed by atoms with Crippen molar-refractivity contribution in [3.63, 3.8) is 0 Å². The van der Waals surface area contributed by atoms with Crippen LogP contribution >= 0.6 is 0 Å². The number of piperazine rings is 1. The maximum atomic E-state index is 13.0. The van der Waals surface area contributed by atoms with E-state index in [4.69, 9.17) is 4.42 Å². The average Bonchev–Trinajstić information content (AvgIpc) is 3.11. The molecule has 1 N–H and O–H groups in total. The minimum absolute atomic E-state index is 0.0238. The van der Waals surface area contributed by atoms with Crippen LogP contribution in [0.4, 0.5) is 0 Å². The van der Waals surface area contributed by atoms with Crippen LogP contribution in [0.2, 0.25) is 0 Å². The maximum Gasteiger partial charge on any atom is 0.225 e. The van der Waals surface area contributed by atoms with Crippen LogP contribution in [-0.2, 0) is 11.2 Å². The van der Waals surface area contributed by atoms with Crippen molar-refractivity contribution in [2.75, 3.05) is 39.8 Å². The first kappa shape index (κ1) is 20.6. The monoisotopic (exact) mass is 405 g/mol. The zero-order chi connectivity index (χ0) is 21.1. The highest BCUT2D eigenvalue weighted by molar-refractivity contribution is 5.88. The van der Waals surface area contributed by atoms with Gasteiger partial charge < -0.3 is 14.6 Å². The Morgan fingerprint density at radius 2 is 1.77 bits per heavy atom. The van der Waals surface area contributed by atoms with Crippen molar-refractivity contribution < 1.29 is 9.21 Å². The molecule has 5 nitrogen and oxygen atoms in total. The maximum absolute atomic E-state index is 13.0. The van der Waals surface area contributed by atoms with Gasteiger partial charge in [-0.15, -0.1) is 0 Å². The molecule has 30 heavy (non-hydrogen) atoms. The second-order valence-electron chi connectivity index (χ2n) is 8.51. The summed E-state index contributed by atoms with van der Waals surface area (Å²) in [7, 11) is 2.16. The second kappa shape index (κ2) is 9.02. The molecule has 0 spiro atoms. The number of benzene rings is 2. The summed E-state index contributed by atoms with van der Waals surface area (Å²) in [6.07, 6.45) is 2.04. The van der Waals surface area contributed by atoms with Crippen LogP contribution in [0.1, 0.15) is 28.3 Å². The molecule has 0 bridgehead atoms. The van der Waals surface area contributed by atoms with Gasteiger partial charge in [0.05, 0.1) is 18.7 Å². The molecule has 0 saturated carbocycles. The summed E-state index contributed by atoms with van der Waals surface area (Å²) in [5, 5.41) is 4.32. The van der Waals surface area contributed by atoms with E-state index in [-0.39, 0.29) is 11.9 Å². The normalized spacial score (nSPS) is 16.6. The minimum Gasteiger partial charge on any atom is -0.464 e. The van der Waals surface area contributed by atoms with E-state index in [0.717, 1.165) is 54.8 Å². The van der Waals surface area contributed by atoms with E-state index < -0.39 is 0 Å². The van der Waals surface area contributed by atoms with Crippen molar-refractivity contribution in [3.05, 3.63) is 71.0 Å². The van der Waals surface area contributed by atoms with Crippen molar-refractivity contribution in [1.82, 2.24) is 15.1 Å². The summed E-state index contributed by atoms with van der Waals surface area (Å²) < 4.78 is 5.71. The predicted octanol–water partition coefficient (Wildman–Crippen LogP) is 3.70. The molecule has 0 radical (unpaired) electrons. The molecule has 1 aliphatic heterocycles. The van der Waals surface area contributed by atoms with Gasteiger partial charge >= 0.3 is 0 Å². The largest absolute Gasteiger partial charge is 0.464 e. The molecule has 5 heteroatoms. The summed E-state index contributed by atoms with van der Waals surface area (Å²) in [5.41, 5.74) is 5.34. The molecule has 1 unspecified atom stereocenters. The van der Waals surface area contributed by atoms with Crippen molar-refractivity contribution in [1.29, 1.82) is 0 Å². The molecular formula is C25H31N3O2. The highest BCUT2D eigenvalue weighted by atomic mass is 16.3. The third kappa shape index (κ3) is 4.74. The fourth-order valence-corrected chi connectivity index (χ4v) is 4.10. The summed E-state index contributed by atoms with van der Waals surface area (Å²) in [4.78, 5) is 17.8. The van der Waals surface area contributed by atoms with Crippen LogP contribution in [0.5, 0.6) is 0 Å². The van der Waals surface area contributed by atoms with Crippen LogP contribution in [0.3, 0.4) is 0 Å². The number of rotatable bonds is 6. The lowest BCUT2D eigenvalue weighted by molar-refractivity contribution is -0.121. The van der Waals surface area contributed by atoms with Crippen LogP contribution in [0.25, 0.3) is 11.0 Å². The molecule has 3 aromatic rings. The van der Waals surface area contributed by atoms with E-state index in [9.17, 15) is 4.79 Å². The smallest absolute Gasteiger partial charge is 0.225 e. The molecule has 1 atom stereocenters. The fraction of sp³-hybridized carbons (Fsp3) is 0.400. The summed E-state index contributed by atoms with van der Waals surface area (Å²) in [6, 6.07) is 14.4. The van der Waals surface area contributed by atoms with Gasteiger partial charge in [0, 0.05) is 43.7 Å². The van der Waals surface area contributed by atoms with E-state index in [1.54, 1.807) is 6.26 Å². The Morgan fingerprint density at radius 3 is 2.50 bits per heavy atom. The van der Waals surface area contributed by atoms with E-state index in [1.165, 1.54) is 11.1 Å². The van der Waals surface area contributed by atoms with Gasteiger partial charge in [-0.1, -0.05) is 30.3 Å². The number of nitrogens with one attached hydrogen (secondary N) is 1. The number of hydrogen-bond donors (Lipinski definition) is 1. The molecule has 2 heterocycles. The Balaban J connectivity index is 1.48. The number of carbonyl (C=O) groups excluding carboxylic acids is 1. The summed E-state index contributed by atoms with van der Waals surface area (Å²) in [5.74, 6) is 0.0268. The van der Waals surface area contributed by atoms with Gasteiger partial charge in [-0.05, 0) is 49.7 Å². The van der Waals surface area contributed by atoms with Crippen LogP contribution in [0.15, 0.2) is 53.1 Å². The zero-order valence-electron chi connectivity index (χ0n) is 18.1. The Morgan fingerprint density at radius 1 is 1.07 bits per heavy atom. The minimum atomic E-state index is -0.0238. The zero-order valence-corrected chi connectivity index (χ0v) is 18.1. The van der Waals surface area contributed by atoms with Gasteiger partial charge in [0.2, 0.25) is 5.91 Å². The van der Waals surface area contributed by atoms with Crippen molar-refractivity contribution in [3.8, 4) is 0 Å². The molecule has 158 valence electrons. The number of nitrogens with zero attached hydrogens (tertiary/aromatic N) is 2. The summed E-state index contributed by atoms with van der Waals surface area (Å²) >= 11 is 0. The van der Waals surface area contributed by atoms with Gasteiger partial charge in [-0.2, -0.15) is 0 Å². The van der Waals surface area contributed by atoms with E-state index in [2.05, 4.69) is 54.2 Å². The van der Waals surface area contributed by atoms with Crippen molar-refractivity contribution >= 4 is 16.9 Å². The molecule has 1 saturated heterocycles. The fourth-order valence-electron chi connectivity index (χ4n) is 4.10. The molecule has 1 aromatic heterocycles. The first-order valence-corrected chi connectivity index (χ1v) is 10.7. The van der Waals surface area contributed by atoms with E-state index >= 15 is 0 Å². The molecule has 1 fully saturated rings. The third-order valence-corrected chi connectivity index (χ3v) is 6.19. The first-order valence-electron chi connectivity index (χ1n) is 10.7. The van der Waals surface area contributed by atoms with E-state index in [1.807, 2.05) is 24.3 Å². The number of fused-ring (bicyclic) bond motifs is 1. The second-order valence-corrected chi connectivity index (χ2v) is 8.51. The van der Waals surface area contributed by atoms with Gasteiger partial charge in [0.1, 0.15) is 5.58 Å². The molecule has 0 aliphatic carbocycles. The Bertz CT molecular complexity index is 1000.